The average Bonchev–Trinajstić information content (AvgIpc) is 2.47. The van der Waals surface area contributed by atoms with Gasteiger partial charge in [-0.1, -0.05) is 0 Å². The van der Waals surface area contributed by atoms with E-state index >= 15 is 0 Å². The molecule has 0 aromatic heterocycles. The lowest BCUT2D eigenvalue weighted by Gasteiger charge is -2.12. The standard InChI is InChI=1S/C13H20N2O5/c1-17-6-7-20-9-14-13(16)15-11-8-10(18-2)4-5-12(11)19-3/h4-5,8H,6-7,9H2,1-3H3,(H2,14,15,16). The first kappa shape index (κ1) is 16.1. The van der Waals surface area contributed by atoms with Gasteiger partial charge in [0.25, 0.3) is 0 Å². The van der Waals surface area contributed by atoms with E-state index in [4.69, 9.17) is 18.9 Å². The van der Waals surface area contributed by atoms with Gasteiger partial charge in [-0.15, -0.1) is 0 Å². The van der Waals surface area contributed by atoms with E-state index in [1.54, 1.807) is 32.4 Å². The van der Waals surface area contributed by atoms with Crippen LogP contribution >= 0.6 is 0 Å². The highest BCUT2D eigenvalue weighted by Crippen LogP contribution is 2.28. The molecular weight excluding hydrogens is 264 g/mol. The molecule has 0 aliphatic heterocycles. The van der Waals surface area contributed by atoms with E-state index in [9.17, 15) is 4.79 Å². The van der Waals surface area contributed by atoms with Gasteiger partial charge in [0.15, 0.2) is 0 Å². The summed E-state index contributed by atoms with van der Waals surface area (Å²) in [4.78, 5) is 11.7. The molecule has 2 N–H and O–H groups in total. The van der Waals surface area contributed by atoms with Gasteiger partial charge in [-0.3, -0.25) is 0 Å². The Morgan fingerprint density at radius 2 is 1.95 bits per heavy atom. The van der Waals surface area contributed by atoms with Crippen LogP contribution in [0.2, 0.25) is 0 Å². The molecule has 0 spiro atoms. The van der Waals surface area contributed by atoms with Crippen molar-refractivity contribution in [3.8, 4) is 11.5 Å². The van der Waals surface area contributed by atoms with Crippen LogP contribution in [0, 0.1) is 0 Å². The second-order valence-corrected chi connectivity index (χ2v) is 3.74. The molecule has 20 heavy (non-hydrogen) atoms. The van der Waals surface area contributed by atoms with E-state index in [2.05, 4.69) is 10.6 Å². The molecule has 1 rings (SSSR count). The Hall–Kier alpha value is -1.99. The van der Waals surface area contributed by atoms with Crippen LogP contribution in [0.25, 0.3) is 0 Å². The van der Waals surface area contributed by atoms with Gasteiger partial charge in [0, 0.05) is 13.2 Å². The molecule has 1 aromatic carbocycles. The minimum atomic E-state index is -0.394. The summed E-state index contributed by atoms with van der Waals surface area (Å²) in [5.74, 6) is 1.17. The third kappa shape index (κ3) is 5.33. The number of nitrogens with one attached hydrogen (secondary N) is 2. The Bertz CT molecular complexity index is 425. The number of rotatable bonds is 8. The summed E-state index contributed by atoms with van der Waals surface area (Å²) in [5.41, 5.74) is 0.515. The fourth-order valence-electron chi connectivity index (χ4n) is 1.41. The fraction of sp³-hybridized carbons (Fsp3) is 0.462. The van der Waals surface area contributed by atoms with Gasteiger partial charge >= 0.3 is 6.03 Å². The van der Waals surface area contributed by atoms with E-state index in [1.165, 1.54) is 7.11 Å². The largest absolute Gasteiger partial charge is 0.497 e. The molecular formula is C13H20N2O5. The predicted molar refractivity (Wildman–Crippen MR) is 74.4 cm³/mol. The molecule has 0 aliphatic carbocycles. The van der Waals surface area contributed by atoms with Crippen LogP contribution in [0.15, 0.2) is 18.2 Å². The van der Waals surface area contributed by atoms with E-state index in [1.807, 2.05) is 0 Å². The maximum Gasteiger partial charge on any atom is 0.321 e. The van der Waals surface area contributed by atoms with Crippen LogP contribution in [0.3, 0.4) is 0 Å². The average molecular weight is 284 g/mol. The number of amides is 2. The number of benzene rings is 1. The second-order valence-electron chi connectivity index (χ2n) is 3.74. The number of methoxy groups -OCH3 is 3. The lowest BCUT2D eigenvalue weighted by atomic mass is 10.2. The maximum atomic E-state index is 11.7. The van der Waals surface area contributed by atoms with Gasteiger partial charge in [-0.2, -0.15) is 0 Å². The van der Waals surface area contributed by atoms with Crippen LogP contribution in [-0.4, -0.2) is 47.3 Å². The van der Waals surface area contributed by atoms with Crippen molar-refractivity contribution >= 4 is 11.7 Å². The zero-order valence-corrected chi connectivity index (χ0v) is 11.9. The summed E-state index contributed by atoms with van der Waals surface area (Å²) < 4.78 is 20.2. The number of ether oxygens (including phenoxy) is 4. The number of urea groups is 1. The highest BCUT2D eigenvalue weighted by atomic mass is 16.5. The monoisotopic (exact) mass is 284 g/mol. The molecule has 0 heterocycles. The van der Waals surface area contributed by atoms with Gasteiger partial charge in [-0.05, 0) is 12.1 Å². The summed E-state index contributed by atoms with van der Waals surface area (Å²) in [6.45, 7) is 0.994. The third-order valence-corrected chi connectivity index (χ3v) is 2.42. The van der Waals surface area contributed by atoms with Gasteiger partial charge in [-0.25, -0.2) is 4.79 Å². The second kappa shape index (κ2) is 9.00. The van der Waals surface area contributed by atoms with Crippen molar-refractivity contribution in [1.82, 2.24) is 5.32 Å². The molecule has 112 valence electrons. The van der Waals surface area contributed by atoms with Gasteiger partial charge in [0.05, 0.1) is 33.1 Å². The number of hydrogen-bond acceptors (Lipinski definition) is 5. The van der Waals surface area contributed by atoms with Crippen molar-refractivity contribution in [2.45, 2.75) is 0 Å². The zero-order valence-electron chi connectivity index (χ0n) is 11.9. The Morgan fingerprint density at radius 1 is 1.15 bits per heavy atom. The van der Waals surface area contributed by atoms with Crippen molar-refractivity contribution in [2.75, 3.05) is 46.6 Å². The first-order valence-electron chi connectivity index (χ1n) is 6.04. The SMILES string of the molecule is COCCOCNC(=O)Nc1cc(OC)ccc1OC. The number of carbonyl (C=O) groups is 1. The number of carbonyl (C=O) groups excluding carboxylic acids is 1. The Kier molecular flexibility index (Phi) is 7.23. The molecule has 0 bridgehead atoms. The zero-order chi connectivity index (χ0) is 14.8. The van der Waals surface area contributed by atoms with Gasteiger partial charge < -0.3 is 29.6 Å². The van der Waals surface area contributed by atoms with Crippen LogP contribution in [-0.2, 0) is 9.47 Å². The molecule has 0 saturated carbocycles. The lowest BCUT2D eigenvalue weighted by Crippen LogP contribution is -2.31. The molecule has 1 aromatic rings. The molecule has 0 radical (unpaired) electrons. The van der Waals surface area contributed by atoms with Crippen molar-refractivity contribution in [3.63, 3.8) is 0 Å². The minimum Gasteiger partial charge on any atom is -0.497 e. The fourth-order valence-corrected chi connectivity index (χ4v) is 1.41. The highest BCUT2D eigenvalue weighted by molar-refractivity contribution is 5.91. The van der Waals surface area contributed by atoms with E-state index < -0.39 is 6.03 Å². The van der Waals surface area contributed by atoms with Gasteiger partial charge in [0.1, 0.15) is 18.2 Å². The van der Waals surface area contributed by atoms with Crippen molar-refractivity contribution in [1.29, 1.82) is 0 Å². The first-order valence-corrected chi connectivity index (χ1v) is 6.04. The molecule has 2 amide bonds. The highest BCUT2D eigenvalue weighted by Gasteiger charge is 2.08. The molecule has 7 heteroatoms. The molecule has 0 fully saturated rings. The van der Waals surface area contributed by atoms with Crippen molar-refractivity contribution in [3.05, 3.63) is 18.2 Å². The summed E-state index contributed by atoms with van der Waals surface area (Å²) in [6.07, 6.45) is 0. The van der Waals surface area contributed by atoms with Crippen LogP contribution < -0.4 is 20.1 Å². The van der Waals surface area contributed by atoms with Crippen molar-refractivity contribution in [2.24, 2.45) is 0 Å². The van der Waals surface area contributed by atoms with Gasteiger partial charge in [0.2, 0.25) is 0 Å². The van der Waals surface area contributed by atoms with E-state index in [0.29, 0.717) is 30.4 Å². The van der Waals surface area contributed by atoms with E-state index in [0.717, 1.165) is 0 Å². The molecule has 0 saturated heterocycles. The quantitative estimate of drug-likeness (QED) is 0.558. The molecule has 0 atom stereocenters. The summed E-state index contributed by atoms with van der Waals surface area (Å²) in [5, 5.41) is 5.22. The Balaban J connectivity index is 2.48. The van der Waals surface area contributed by atoms with Crippen molar-refractivity contribution < 1.29 is 23.7 Å². The minimum absolute atomic E-state index is 0.0987. The number of anilines is 1. The predicted octanol–water partition coefficient (Wildman–Crippen LogP) is 1.45. The summed E-state index contributed by atoms with van der Waals surface area (Å²) in [7, 11) is 4.66. The van der Waals surface area contributed by atoms with Crippen LogP contribution in [0.5, 0.6) is 11.5 Å². The Morgan fingerprint density at radius 3 is 2.60 bits per heavy atom. The lowest BCUT2D eigenvalue weighted by molar-refractivity contribution is 0.0650. The molecule has 7 nitrogen and oxygen atoms in total. The number of hydrogen-bond donors (Lipinski definition) is 2. The van der Waals surface area contributed by atoms with Crippen LogP contribution in [0.1, 0.15) is 0 Å². The topological polar surface area (TPSA) is 78.1 Å². The van der Waals surface area contributed by atoms with E-state index in [-0.39, 0.29) is 6.73 Å². The summed E-state index contributed by atoms with van der Waals surface area (Å²) >= 11 is 0. The maximum absolute atomic E-state index is 11.7. The molecule has 0 aliphatic rings. The smallest absolute Gasteiger partial charge is 0.321 e. The first-order chi connectivity index (χ1) is 9.71. The van der Waals surface area contributed by atoms with Crippen LogP contribution in [0.4, 0.5) is 10.5 Å². The normalized spacial score (nSPS) is 9.95. The summed E-state index contributed by atoms with van der Waals surface area (Å²) in [6, 6.07) is 4.73. The molecule has 0 unspecified atom stereocenters. The Labute approximate surface area is 118 Å². The third-order valence-electron chi connectivity index (χ3n) is 2.42.